The van der Waals surface area contributed by atoms with Gasteiger partial charge in [0.2, 0.25) is 11.7 Å². The molecule has 2 fully saturated rings. The lowest BCUT2D eigenvalue weighted by Gasteiger charge is -2.48. The summed E-state index contributed by atoms with van der Waals surface area (Å²) in [7, 11) is 3.69. The number of phenols is 1. The second-order valence-corrected chi connectivity index (χ2v) is 12.1. The van der Waals surface area contributed by atoms with Crippen LogP contribution in [0.15, 0.2) is 11.6 Å². The number of ketones is 2. The van der Waals surface area contributed by atoms with Crippen molar-refractivity contribution in [2.45, 2.75) is 58.3 Å². The number of hydrogen-bond acceptors (Lipinski definition) is 9. The molecule has 0 aliphatic heterocycles. The summed E-state index contributed by atoms with van der Waals surface area (Å²) in [6, 6.07) is 1.86. The minimum Gasteiger partial charge on any atom is -0.507 e. The molecule has 2 unspecified atom stereocenters. The lowest BCUT2D eigenvalue weighted by molar-refractivity contribution is -0.174. The SMILES string of the molecule is CN(C)c1cc(CNCC(C)(C)C)c(O)c2c1C[C@H]1C[C@H]3CC(O)C(C(N)=O)C(=O)[C@@]3(O)C(=O)C1=C2O. The van der Waals surface area contributed by atoms with E-state index in [0.717, 1.165) is 5.69 Å². The Morgan fingerprint density at radius 2 is 1.86 bits per heavy atom. The molecule has 4 rings (SSSR count). The van der Waals surface area contributed by atoms with Gasteiger partial charge in [0.15, 0.2) is 11.4 Å². The Labute approximate surface area is 216 Å². The van der Waals surface area contributed by atoms with E-state index >= 15 is 0 Å². The van der Waals surface area contributed by atoms with Crippen LogP contribution in [-0.4, -0.2) is 70.2 Å². The van der Waals surface area contributed by atoms with Crippen molar-refractivity contribution in [3.8, 4) is 5.75 Å². The predicted molar refractivity (Wildman–Crippen MR) is 137 cm³/mol. The number of rotatable bonds is 5. The number of carbonyl (C=O) groups excluding carboxylic acids is 3. The summed E-state index contributed by atoms with van der Waals surface area (Å²) in [6.45, 7) is 7.23. The highest BCUT2D eigenvalue weighted by atomic mass is 16.3. The number of primary amides is 1. The molecule has 1 aromatic carbocycles. The minimum atomic E-state index is -2.58. The van der Waals surface area contributed by atoms with Gasteiger partial charge < -0.3 is 36.4 Å². The summed E-state index contributed by atoms with van der Waals surface area (Å²) < 4.78 is 0. The summed E-state index contributed by atoms with van der Waals surface area (Å²) >= 11 is 0. The first kappa shape index (κ1) is 27.1. The highest BCUT2D eigenvalue weighted by Crippen LogP contribution is 2.53. The number of carbonyl (C=O) groups is 3. The third-order valence-corrected chi connectivity index (χ3v) is 7.89. The number of hydrogen-bond donors (Lipinski definition) is 6. The highest BCUT2D eigenvalue weighted by molar-refractivity contribution is 6.24. The monoisotopic (exact) mass is 515 g/mol. The fourth-order valence-corrected chi connectivity index (χ4v) is 6.13. The molecule has 1 amide bonds. The van der Waals surface area contributed by atoms with Crippen LogP contribution < -0.4 is 16.0 Å². The van der Waals surface area contributed by atoms with E-state index in [9.17, 15) is 34.8 Å². The van der Waals surface area contributed by atoms with Crippen LogP contribution >= 0.6 is 0 Å². The van der Waals surface area contributed by atoms with Crippen molar-refractivity contribution in [3.05, 3.63) is 28.3 Å². The fraction of sp³-hybridized carbons (Fsp3) is 0.593. The minimum absolute atomic E-state index is 0.00885. The number of aliphatic hydroxyl groups excluding tert-OH is 2. The fourth-order valence-electron chi connectivity index (χ4n) is 6.13. The first-order chi connectivity index (χ1) is 17.1. The van der Waals surface area contributed by atoms with E-state index in [0.29, 0.717) is 24.2 Å². The number of amides is 1. The van der Waals surface area contributed by atoms with E-state index in [-0.39, 0.29) is 41.6 Å². The van der Waals surface area contributed by atoms with Gasteiger partial charge in [0.1, 0.15) is 17.4 Å². The molecule has 0 heterocycles. The molecule has 0 spiro atoms. The molecule has 10 heteroatoms. The Morgan fingerprint density at radius 3 is 2.43 bits per heavy atom. The topological polar surface area (TPSA) is 173 Å². The molecule has 0 bridgehead atoms. The zero-order valence-electron chi connectivity index (χ0n) is 22.0. The first-order valence-electron chi connectivity index (χ1n) is 12.6. The van der Waals surface area contributed by atoms with Gasteiger partial charge in [-0.1, -0.05) is 20.8 Å². The van der Waals surface area contributed by atoms with Crippen molar-refractivity contribution in [2.24, 2.45) is 28.9 Å². The van der Waals surface area contributed by atoms with E-state index in [1.807, 2.05) is 25.1 Å². The Balaban J connectivity index is 1.83. The number of phenolic OH excluding ortho intramolecular Hbond substituents is 1. The van der Waals surface area contributed by atoms with Crippen LogP contribution in [0.25, 0.3) is 5.76 Å². The largest absolute Gasteiger partial charge is 0.507 e. The number of aliphatic hydroxyl groups is 3. The standard InChI is InChI=1S/C27H37N3O7/c1-26(2,3)11-29-10-13-8-16(30(4)5)15-7-12-6-14-9-17(31)20(25(28)36)24(35)27(14,37)23(34)18(12)22(33)19(15)21(13)32/h8,12,14,17,20,29,31-33,37H,6-7,9-11H2,1-5H3,(H2,28,36)/t12-,14+,17?,20?,27+/m1/s1. The lowest BCUT2D eigenvalue weighted by Crippen LogP contribution is -2.66. The van der Waals surface area contributed by atoms with Crippen LogP contribution in [0.5, 0.6) is 5.75 Å². The van der Waals surface area contributed by atoms with Crippen molar-refractivity contribution in [2.75, 3.05) is 25.5 Å². The molecule has 10 nitrogen and oxygen atoms in total. The maximum atomic E-state index is 13.7. The number of Topliss-reactive ketones (excluding diaryl/α,β-unsaturated/α-hetero) is 2. The predicted octanol–water partition coefficient (Wildman–Crippen LogP) is 0.791. The summed E-state index contributed by atoms with van der Waals surface area (Å²) in [4.78, 5) is 40.6. The Bertz CT molecular complexity index is 1200. The molecule has 3 aliphatic carbocycles. The van der Waals surface area contributed by atoms with Crippen LogP contribution in [0, 0.1) is 23.2 Å². The molecule has 0 radical (unpaired) electrons. The molecular weight excluding hydrogens is 478 g/mol. The van der Waals surface area contributed by atoms with Gasteiger partial charge in [-0.25, -0.2) is 0 Å². The summed E-state index contributed by atoms with van der Waals surface area (Å²) in [5.41, 5.74) is 4.65. The van der Waals surface area contributed by atoms with E-state index in [1.165, 1.54) is 0 Å². The molecule has 3 aliphatic rings. The number of aromatic hydroxyl groups is 1. The van der Waals surface area contributed by atoms with Gasteiger partial charge in [0.05, 0.1) is 11.7 Å². The van der Waals surface area contributed by atoms with Gasteiger partial charge in [0.25, 0.3) is 0 Å². The van der Waals surface area contributed by atoms with Crippen molar-refractivity contribution in [1.82, 2.24) is 5.32 Å². The number of anilines is 1. The maximum Gasteiger partial charge on any atom is 0.230 e. The summed E-state index contributed by atoms with van der Waals surface area (Å²) in [5, 5.41) is 47.7. The van der Waals surface area contributed by atoms with Crippen LogP contribution in [0.2, 0.25) is 0 Å². The second-order valence-electron chi connectivity index (χ2n) is 12.1. The number of nitrogens with one attached hydrogen (secondary N) is 1. The molecule has 202 valence electrons. The smallest absolute Gasteiger partial charge is 0.230 e. The molecule has 1 aromatic rings. The molecule has 7 N–H and O–H groups in total. The van der Waals surface area contributed by atoms with E-state index in [4.69, 9.17) is 5.73 Å². The maximum absolute atomic E-state index is 13.7. The Kier molecular flexibility index (Phi) is 6.67. The van der Waals surface area contributed by atoms with Crippen molar-refractivity contribution in [1.29, 1.82) is 0 Å². The number of nitrogens with two attached hydrogens (primary N) is 1. The van der Waals surface area contributed by atoms with E-state index < -0.39 is 52.7 Å². The molecule has 2 saturated carbocycles. The quantitative estimate of drug-likeness (QED) is 0.310. The zero-order chi connectivity index (χ0) is 27.6. The first-order valence-corrected chi connectivity index (χ1v) is 12.6. The van der Waals surface area contributed by atoms with Crippen LogP contribution in [0.4, 0.5) is 5.69 Å². The van der Waals surface area contributed by atoms with Gasteiger partial charge in [-0.05, 0) is 42.2 Å². The number of fused-ring (bicyclic) bond motifs is 3. The summed E-state index contributed by atoms with van der Waals surface area (Å²) in [5.74, 6) is -7.10. The molecule has 0 saturated heterocycles. The normalized spacial score (nSPS) is 29.5. The van der Waals surface area contributed by atoms with Gasteiger partial charge in [0, 0.05) is 49.9 Å². The Hall–Kier alpha value is -2.95. The molecular formula is C27H37N3O7. The third kappa shape index (κ3) is 4.30. The third-order valence-electron chi connectivity index (χ3n) is 7.89. The van der Waals surface area contributed by atoms with Crippen molar-refractivity contribution >= 4 is 28.9 Å². The lowest BCUT2D eigenvalue weighted by atomic mass is 9.56. The Morgan fingerprint density at radius 1 is 1.22 bits per heavy atom. The molecule has 0 aromatic heterocycles. The van der Waals surface area contributed by atoms with Gasteiger partial charge >= 0.3 is 0 Å². The van der Waals surface area contributed by atoms with E-state index in [1.54, 1.807) is 0 Å². The zero-order valence-corrected chi connectivity index (χ0v) is 22.0. The number of benzene rings is 1. The summed E-state index contributed by atoms with van der Waals surface area (Å²) in [6.07, 6.45) is -1.13. The van der Waals surface area contributed by atoms with Gasteiger partial charge in [-0.3, -0.25) is 14.4 Å². The molecule has 37 heavy (non-hydrogen) atoms. The van der Waals surface area contributed by atoms with E-state index in [2.05, 4.69) is 26.1 Å². The van der Waals surface area contributed by atoms with Crippen LogP contribution in [0.1, 0.15) is 50.3 Å². The number of nitrogens with zero attached hydrogens (tertiary/aromatic N) is 1. The second kappa shape index (κ2) is 9.11. The van der Waals surface area contributed by atoms with Crippen molar-refractivity contribution in [3.63, 3.8) is 0 Å². The average Bonchev–Trinajstić information content (AvgIpc) is 2.76. The van der Waals surface area contributed by atoms with Gasteiger partial charge in [-0.15, -0.1) is 0 Å². The van der Waals surface area contributed by atoms with Gasteiger partial charge in [-0.2, -0.15) is 0 Å². The average molecular weight is 516 g/mol. The molecule has 5 atom stereocenters. The van der Waals surface area contributed by atoms with Crippen molar-refractivity contribution < 1.29 is 34.8 Å². The highest BCUT2D eigenvalue weighted by Gasteiger charge is 2.64. The van der Waals surface area contributed by atoms with Crippen LogP contribution in [0.3, 0.4) is 0 Å². The van der Waals surface area contributed by atoms with Crippen LogP contribution in [-0.2, 0) is 27.3 Å².